The number of rotatable bonds is 5. The number of carbonyl (C=O) groups excluding carboxylic acids is 1. The fourth-order valence-corrected chi connectivity index (χ4v) is 1.57. The Bertz CT molecular complexity index is 170. The van der Waals surface area contributed by atoms with E-state index in [-0.39, 0.29) is 11.3 Å². The smallest absolute Gasteiger partial charge is 0.301 e. The van der Waals surface area contributed by atoms with Gasteiger partial charge in [0.1, 0.15) is 0 Å². The number of carbonyl (C=O) groups is 1. The van der Waals surface area contributed by atoms with E-state index in [2.05, 4.69) is 11.8 Å². The van der Waals surface area contributed by atoms with Crippen molar-refractivity contribution in [2.75, 3.05) is 0 Å². The predicted octanol–water partition coefficient (Wildman–Crippen LogP) is 3.25. The fourth-order valence-electron chi connectivity index (χ4n) is 1.57. The van der Waals surface area contributed by atoms with Crippen molar-refractivity contribution in [2.24, 2.45) is 11.3 Å². The maximum Gasteiger partial charge on any atom is 0.345 e. The molecule has 0 bridgehead atoms. The second-order valence-corrected chi connectivity index (χ2v) is 4.82. The van der Waals surface area contributed by atoms with Crippen LogP contribution in [0.3, 0.4) is 0 Å². The lowest BCUT2D eigenvalue weighted by Crippen LogP contribution is -2.29. The Morgan fingerprint density at radius 2 is 1.93 bits per heavy atom. The third kappa shape index (κ3) is 4.61. The van der Waals surface area contributed by atoms with E-state index in [0.717, 1.165) is 25.7 Å². The van der Waals surface area contributed by atoms with Gasteiger partial charge in [-0.1, -0.05) is 47.0 Å². The van der Waals surface area contributed by atoms with Gasteiger partial charge in [0.15, 0.2) is 0 Å². The molecule has 1 unspecified atom stereocenters. The third-order valence-corrected chi connectivity index (χ3v) is 2.52. The minimum atomic E-state index is -0.506. The second kappa shape index (κ2) is 6.02. The topological polar surface area (TPSA) is 46.5 Å². The van der Waals surface area contributed by atoms with Gasteiger partial charge < -0.3 is 4.89 Å². The molecule has 0 aromatic rings. The minimum absolute atomic E-state index is 0.145. The molecule has 0 rings (SSSR count). The van der Waals surface area contributed by atoms with Crippen molar-refractivity contribution >= 4 is 5.97 Å². The molecule has 3 heteroatoms. The van der Waals surface area contributed by atoms with Gasteiger partial charge >= 0.3 is 5.97 Å². The van der Waals surface area contributed by atoms with Crippen molar-refractivity contribution in [1.29, 1.82) is 0 Å². The van der Waals surface area contributed by atoms with Crippen molar-refractivity contribution in [2.45, 2.75) is 53.4 Å². The monoisotopic (exact) mass is 202 g/mol. The molecule has 1 N–H and O–H groups in total. The molecule has 0 spiro atoms. The molecule has 0 saturated heterocycles. The molecule has 0 aromatic heterocycles. The van der Waals surface area contributed by atoms with Crippen LogP contribution in [0.2, 0.25) is 0 Å². The van der Waals surface area contributed by atoms with Crippen LogP contribution in [0.1, 0.15) is 53.4 Å². The molecule has 1 atom stereocenters. The Kier molecular flexibility index (Phi) is 5.77. The SMILES string of the molecule is CCCCCC(C(=O)OO)C(C)(C)C. The Morgan fingerprint density at radius 1 is 1.36 bits per heavy atom. The molecule has 0 amide bonds. The summed E-state index contributed by atoms with van der Waals surface area (Å²) in [6.45, 7) is 8.08. The summed E-state index contributed by atoms with van der Waals surface area (Å²) in [6.07, 6.45) is 4.04. The summed E-state index contributed by atoms with van der Waals surface area (Å²) in [7, 11) is 0. The molecular weight excluding hydrogens is 180 g/mol. The first kappa shape index (κ1) is 13.4. The van der Waals surface area contributed by atoms with Crippen molar-refractivity contribution < 1.29 is 14.9 Å². The molecule has 0 aliphatic rings. The Morgan fingerprint density at radius 3 is 2.29 bits per heavy atom. The minimum Gasteiger partial charge on any atom is -0.301 e. The largest absolute Gasteiger partial charge is 0.345 e. The third-order valence-electron chi connectivity index (χ3n) is 2.52. The van der Waals surface area contributed by atoms with Crippen LogP contribution in [-0.2, 0) is 9.68 Å². The number of hydrogen-bond acceptors (Lipinski definition) is 3. The molecule has 0 aliphatic carbocycles. The molecule has 0 fully saturated rings. The Hall–Kier alpha value is -0.570. The van der Waals surface area contributed by atoms with Crippen molar-refractivity contribution in [3.63, 3.8) is 0 Å². The molecule has 0 saturated carbocycles. The van der Waals surface area contributed by atoms with E-state index >= 15 is 0 Å². The predicted molar refractivity (Wildman–Crippen MR) is 55.8 cm³/mol. The van der Waals surface area contributed by atoms with E-state index in [1.807, 2.05) is 20.8 Å². The first-order valence-corrected chi connectivity index (χ1v) is 5.28. The van der Waals surface area contributed by atoms with Crippen LogP contribution in [0, 0.1) is 11.3 Å². The van der Waals surface area contributed by atoms with Crippen LogP contribution in [0.5, 0.6) is 0 Å². The Labute approximate surface area is 86.4 Å². The van der Waals surface area contributed by atoms with Gasteiger partial charge in [-0.05, 0) is 11.8 Å². The van der Waals surface area contributed by atoms with E-state index in [9.17, 15) is 4.79 Å². The molecule has 14 heavy (non-hydrogen) atoms. The molecule has 0 heterocycles. The van der Waals surface area contributed by atoms with E-state index in [0.29, 0.717) is 0 Å². The zero-order valence-corrected chi connectivity index (χ0v) is 9.67. The summed E-state index contributed by atoms with van der Waals surface area (Å²) >= 11 is 0. The number of hydrogen-bond donors (Lipinski definition) is 1. The lowest BCUT2D eigenvalue weighted by atomic mass is 9.78. The highest BCUT2D eigenvalue weighted by molar-refractivity contribution is 5.72. The molecule has 0 radical (unpaired) electrons. The standard InChI is InChI=1S/C11H22O3/c1-5-6-7-8-9(10(12)14-13)11(2,3)4/h9,13H,5-8H2,1-4H3. The van der Waals surface area contributed by atoms with Gasteiger partial charge in [0.05, 0.1) is 5.92 Å². The van der Waals surface area contributed by atoms with Gasteiger partial charge in [-0.3, -0.25) is 0 Å². The molecule has 0 aromatic carbocycles. The summed E-state index contributed by atoms with van der Waals surface area (Å²) in [6, 6.07) is 0. The quantitative estimate of drug-likeness (QED) is 0.423. The fraction of sp³-hybridized carbons (Fsp3) is 0.909. The Balaban J connectivity index is 4.19. The lowest BCUT2D eigenvalue weighted by Gasteiger charge is -2.27. The molecule has 84 valence electrons. The number of unbranched alkanes of at least 4 members (excludes halogenated alkanes) is 2. The van der Waals surface area contributed by atoms with Crippen LogP contribution in [0.15, 0.2) is 0 Å². The van der Waals surface area contributed by atoms with E-state index in [1.54, 1.807) is 0 Å². The molecule has 0 aliphatic heterocycles. The van der Waals surface area contributed by atoms with Gasteiger partial charge in [0.2, 0.25) is 0 Å². The average molecular weight is 202 g/mol. The van der Waals surface area contributed by atoms with Gasteiger partial charge in [0, 0.05) is 0 Å². The normalized spacial score (nSPS) is 13.8. The van der Waals surface area contributed by atoms with E-state index < -0.39 is 5.97 Å². The average Bonchev–Trinajstić information content (AvgIpc) is 2.09. The van der Waals surface area contributed by atoms with E-state index in [1.165, 1.54) is 0 Å². The van der Waals surface area contributed by atoms with Crippen LogP contribution >= 0.6 is 0 Å². The van der Waals surface area contributed by atoms with Crippen LogP contribution in [-0.4, -0.2) is 11.2 Å². The highest BCUT2D eigenvalue weighted by atomic mass is 17.1. The van der Waals surface area contributed by atoms with Crippen molar-refractivity contribution in [1.82, 2.24) is 0 Å². The van der Waals surface area contributed by atoms with Crippen LogP contribution < -0.4 is 0 Å². The first-order chi connectivity index (χ1) is 6.43. The maximum atomic E-state index is 11.3. The first-order valence-electron chi connectivity index (χ1n) is 5.28. The zero-order valence-electron chi connectivity index (χ0n) is 9.67. The lowest BCUT2D eigenvalue weighted by molar-refractivity contribution is -0.242. The molecular formula is C11H22O3. The molecule has 3 nitrogen and oxygen atoms in total. The van der Waals surface area contributed by atoms with Gasteiger partial charge in [-0.2, -0.15) is 5.26 Å². The zero-order chi connectivity index (χ0) is 11.2. The van der Waals surface area contributed by atoms with Crippen LogP contribution in [0.4, 0.5) is 0 Å². The van der Waals surface area contributed by atoms with Crippen molar-refractivity contribution in [3.05, 3.63) is 0 Å². The van der Waals surface area contributed by atoms with E-state index in [4.69, 9.17) is 5.26 Å². The summed E-state index contributed by atoms with van der Waals surface area (Å²) in [5.74, 6) is -0.715. The van der Waals surface area contributed by atoms with Crippen LogP contribution in [0.25, 0.3) is 0 Å². The second-order valence-electron chi connectivity index (χ2n) is 4.82. The highest BCUT2D eigenvalue weighted by Crippen LogP contribution is 2.31. The summed E-state index contributed by atoms with van der Waals surface area (Å²) < 4.78 is 0. The highest BCUT2D eigenvalue weighted by Gasteiger charge is 2.32. The summed E-state index contributed by atoms with van der Waals surface area (Å²) in [5, 5.41) is 8.38. The maximum absolute atomic E-state index is 11.3. The van der Waals surface area contributed by atoms with Gasteiger partial charge in [-0.15, -0.1) is 0 Å². The summed E-state index contributed by atoms with van der Waals surface area (Å²) in [5.41, 5.74) is -0.145. The van der Waals surface area contributed by atoms with Gasteiger partial charge in [0.25, 0.3) is 0 Å². The van der Waals surface area contributed by atoms with Gasteiger partial charge in [-0.25, -0.2) is 4.79 Å². The summed E-state index contributed by atoms with van der Waals surface area (Å²) in [4.78, 5) is 15.1. The van der Waals surface area contributed by atoms with Crippen molar-refractivity contribution in [3.8, 4) is 0 Å².